The molecule has 0 saturated heterocycles. The number of pyridine rings is 1. The van der Waals surface area contributed by atoms with Gasteiger partial charge in [0.05, 0.1) is 12.2 Å². The van der Waals surface area contributed by atoms with Gasteiger partial charge in [0.1, 0.15) is 12.4 Å². The first-order valence-corrected chi connectivity index (χ1v) is 12.9. The molecule has 2 aliphatic heterocycles. The Hall–Kier alpha value is -4.21. The summed E-state index contributed by atoms with van der Waals surface area (Å²) in [4.78, 5) is 38.9. The molecule has 2 aromatic heterocycles. The number of carbonyl (C=O) groups excluding carboxylic acids is 1. The number of allylic oxidation sites excluding steroid dienone is 3. The summed E-state index contributed by atoms with van der Waals surface area (Å²) in [6.07, 6.45) is 12.7. The fraction of sp³-hybridized carbons (Fsp3) is 0.393. The summed E-state index contributed by atoms with van der Waals surface area (Å²) in [5.41, 5.74) is 3.25. The van der Waals surface area contributed by atoms with Crippen LogP contribution in [0.2, 0.25) is 0 Å². The monoisotopic (exact) mass is 526 g/mol. The number of amides is 1. The molecule has 0 bridgehead atoms. The third kappa shape index (κ3) is 8.43. The molecule has 1 atom stereocenters. The number of aryl methyl sites for hydroxylation is 1. The molecule has 10 heteroatoms. The first-order valence-electron chi connectivity index (χ1n) is 12.9. The fourth-order valence-electron chi connectivity index (χ4n) is 3.93. The Morgan fingerprint density at radius 1 is 1.37 bits per heavy atom. The molecule has 38 heavy (non-hydrogen) atoms. The van der Waals surface area contributed by atoms with Gasteiger partial charge in [0.2, 0.25) is 5.91 Å². The molecule has 4 heterocycles. The molecule has 10 nitrogen and oxygen atoms in total. The summed E-state index contributed by atoms with van der Waals surface area (Å²) in [6, 6.07) is 4.12. The minimum absolute atomic E-state index is 0. The normalized spacial score (nSPS) is 18.0. The number of anilines is 2. The number of aliphatic imine (C=N–C) groups is 1. The van der Waals surface area contributed by atoms with E-state index in [1.54, 1.807) is 25.4 Å². The van der Waals surface area contributed by atoms with Crippen molar-refractivity contribution in [3.8, 4) is 0 Å². The van der Waals surface area contributed by atoms with E-state index in [-0.39, 0.29) is 35.5 Å². The van der Waals surface area contributed by atoms with E-state index in [1.165, 1.54) is 10.1 Å². The second-order valence-electron chi connectivity index (χ2n) is 9.08. The smallest absolute Gasteiger partial charge is 0.293 e. The topological polar surface area (TPSA) is 125 Å². The molecule has 0 spiro atoms. The molecule has 4 rings (SSSR count). The lowest BCUT2D eigenvalue weighted by Gasteiger charge is -2.13. The van der Waals surface area contributed by atoms with Crippen LogP contribution in [0.3, 0.4) is 0 Å². The molecule has 1 unspecified atom stereocenters. The molecule has 0 fully saturated rings. The lowest BCUT2D eigenvalue weighted by atomic mass is 10.1. The van der Waals surface area contributed by atoms with Gasteiger partial charge in [0.15, 0.2) is 5.82 Å². The largest absolute Gasteiger partial charge is 0.386 e. The van der Waals surface area contributed by atoms with Crippen molar-refractivity contribution in [3.63, 3.8) is 0 Å². The van der Waals surface area contributed by atoms with Crippen LogP contribution in [0.4, 0.5) is 11.6 Å². The molecule has 0 aromatic carbocycles. The van der Waals surface area contributed by atoms with Crippen molar-refractivity contribution < 1.29 is 10.5 Å². The maximum Gasteiger partial charge on any atom is 0.293 e. The van der Waals surface area contributed by atoms with Crippen molar-refractivity contribution in [2.24, 2.45) is 10.9 Å². The molecule has 4 N–H and O–H groups in total. The van der Waals surface area contributed by atoms with Crippen molar-refractivity contribution >= 4 is 23.8 Å². The average molecular weight is 527 g/mol. The molecule has 0 aliphatic carbocycles. The number of rotatable bonds is 8. The maximum absolute atomic E-state index is 13.0. The predicted octanol–water partition coefficient (Wildman–Crippen LogP) is 3.57. The fourth-order valence-corrected chi connectivity index (χ4v) is 3.93. The zero-order valence-electron chi connectivity index (χ0n) is 22.5. The number of nitrogens with zero attached hydrogens (tertiary/aromatic N) is 4. The van der Waals surface area contributed by atoms with Gasteiger partial charge in [0.25, 0.3) is 5.56 Å². The SMILES string of the molecule is C=CC.Cc1cnc(NCCc2ccc3c(n2)NCC3)c(=O)n1CC(=O)NC/C1=C/C(C)/C=C\NCC=N1.[HH].[HH].[HH].[HH]. The second kappa shape index (κ2) is 14.5. The number of hydrogen-bond donors (Lipinski definition) is 4. The Balaban J connectivity index is 0. The van der Waals surface area contributed by atoms with Gasteiger partial charge in [-0.05, 0) is 44.0 Å². The highest BCUT2D eigenvalue weighted by Crippen LogP contribution is 2.19. The third-order valence-corrected chi connectivity index (χ3v) is 5.86. The Kier molecular flexibility index (Phi) is 10.8. The number of fused-ring (bicyclic) bond motifs is 1. The van der Waals surface area contributed by atoms with Crippen molar-refractivity contribution in [2.75, 3.05) is 36.8 Å². The Bertz CT molecular complexity index is 1280. The van der Waals surface area contributed by atoms with E-state index in [1.807, 2.05) is 38.3 Å². The zero-order valence-corrected chi connectivity index (χ0v) is 22.5. The highest BCUT2D eigenvalue weighted by molar-refractivity contribution is 5.76. The van der Waals surface area contributed by atoms with Crippen molar-refractivity contribution in [2.45, 2.75) is 40.2 Å². The number of carbonyl (C=O) groups is 1. The van der Waals surface area contributed by atoms with E-state index in [4.69, 9.17) is 0 Å². The van der Waals surface area contributed by atoms with Gasteiger partial charge in [-0.2, -0.15) is 0 Å². The molecule has 2 aliphatic rings. The van der Waals surface area contributed by atoms with Gasteiger partial charge in [-0.25, -0.2) is 9.97 Å². The zero-order chi connectivity index (χ0) is 27.3. The molecule has 0 radical (unpaired) electrons. The van der Waals surface area contributed by atoms with E-state index >= 15 is 0 Å². The maximum atomic E-state index is 13.0. The van der Waals surface area contributed by atoms with Crippen LogP contribution in [-0.4, -0.2) is 52.8 Å². The van der Waals surface area contributed by atoms with Gasteiger partial charge in [0, 0.05) is 55.6 Å². The minimum Gasteiger partial charge on any atom is -0.386 e. The molecule has 1 amide bonds. The predicted molar refractivity (Wildman–Crippen MR) is 162 cm³/mol. The van der Waals surface area contributed by atoms with Gasteiger partial charge in [-0.3, -0.25) is 19.1 Å². The molecule has 2 aromatic rings. The highest BCUT2D eigenvalue weighted by atomic mass is 16.2. The summed E-state index contributed by atoms with van der Waals surface area (Å²) >= 11 is 0. The summed E-state index contributed by atoms with van der Waals surface area (Å²) < 4.78 is 1.43. The van der Waals surface area contributed by atoms with Crippen molar-refractivity contribution in [1.29, 1.82) is 0 Å². The summed E-state index contributed by atoms with van der Waals surface area (Å²) in [5.74, 6) is 1.09. The Morgan fingerprint density at radius 2 is 2.18 bits per heavy atom. The molecule has 210 valence electrons. The summed E-state index contributed by atoms with van der Waals surface area (Å²) in [6.45, 7) is 11.3. The van der Waals surface area contributed by atoms with E-state index in [0.717, 1.165) is 30.2 Å². The van der Waals surface area contributed by atoms with Crippen LogP contribution in [0.5, 0.6) is 0 Å². The van der Waals surface area contributed by atoms with Crippen LogP contribution in [0.1, 0.15) is 36.5 Å². The van der Waals surface area contributed by atoms with E-state index in [9.17, 15) is 9.59 Å². The van der Waals surface area contributed by atoms with Crippen LogP contribution in [0.15, 0.2) is 64.8 Å². The van der Waals surface area contributed by atoms with Crippen molar-refractivity contribution in [1.82, 2.24) is 25.2 Å². The van der Waals surface area contributed by atoms with Gasteiger partial charge in [-0.15, -0.1) is 6.58 Å². The van der Waals surface area contributed by atoms with E-state index in [2.05, 4.69) is 48.9 Å². The third-order valence-electron chi connectivity index (χ3n) is 5.86. The highest BCUT2D eigenvalue weighted by Gasteiger charge is 2.14. The quantitative estimate of drug-likeness (QED) is 0.388. The van der Waals surface area contributed by atoms with Crippen LogP contribution in [-0.2, 0) is 24.2 Å². The van der Waals surface area contributed by atoms with Crippen LogP contribution in [0, 0.1) is 12.8 Å². The van der Waals surface area contributed by atoms with E-state index < -0.39 is 0 Å². The first kappa shape index (κ1) is 28.4. The lowest BCUT2D eigenvalue weighted by molar-refractivity contribution is -0.121. The van der Waals surface area contributed by atoms with Crippen LogP contribution in [0.25, 0.3) is 0 Å². The lowest BCUT2D eigenvalue weighted by Crippen LogP contribution is -2.35. The van der Waals surface area contributed by atoms with Crippen molar-refractivity contribution in [3.05, 3.63) is 82.3 Å². The Morgan fingerprint density at radius 3 is 3.00 bits per heavy atom. The second-order valence-corrected chi connectivity index (χ2v) is 9.08. The molecule has 0 saturated carbocycles. The summed E-state index contributed by atoms with van der Waals surface area (Å²) in [7, 11) is 0. The van der Waals surface area contributed by atoms with Crippen LogP contribution >= 0.6 is 0 Å². The van der Waals surface area contributed by atoms with Crippen LogP contribution < -0.4 is 26.8 Å². The van der Waals surface area contributed by atoms with Gasteiger partial charge >= 0.3 is 0 Å². The number of hydrogen-bond acceptors (Lipinski definition) is 8. The number of aromatic nitrogens is 3. The number of nitrogens with one attached hydrogen (secondary N) is 4. The van der Waals surface area contributed by atoms with Gasteiger partial charge in [-0.1, -0.05) is 31.2 Å². The molecular weight excluding hydrogens is 480 g/mol. The first-order chi connectivity index (χ1) is 18.4. The summed E-state index contributed by atoms with van der Waals surface area (Å²) in [5, 5.41) is 12.4. The standard InChI is InChI=1S/C25H32N8O2.C3H6.4H2/c1-17-5-8-26-11-12-27-21(13-17)15-30-22(34)16-33-18(2)14-31-24(25(33)35)29-10-7-20-4-3-19-6-9-28-23(19)32-20;1-3-2;;;;/h3-5,8,12-14,17,26H,6-7,9-11,15-16H2,1-2H3,(H,28,32)(H,29,31)(H,30,34);3H,1H2,2H3;4*1H/b8-5-,21-13-,27-12?;;;;;. The van der Waals surface area contributed by atoms with Gasteiger partial charge < -0.3 is 21.3 Å². The average Bonchev–Trinajstić information content (AvgIpc) is 3.39. The Labute approximate surface area is 230 Å². The minimum atomic E-state index is -0.326. The molecular formula is C28H46N8O2. The van der Waals surface area contributed by atoms with E-state index in [0.29, 0.717) is 31.7 Å².